The minimum atomic E-state index is -4.05. The van der Waals surface area contributed by atoms with E-state index in [-0.39, 0.29) is 21.9 Å². The molecule has 0 saturated carbocycles. The molecule has 4 rings (SSSR count). The van der Waals surface area contributed by atoms with Crippen molar-refractivity contribution in [2.24, 2.45) is 7.05 Å². The second kappa shape index (κ2) is 7.65. The van der Waals surface area contributed by atoms with E-state index in [9.17, 15) is 18.5 Å². The van der Waals surface area contributed by atoms with Crippen molar-refractivity contribution < 1.29 is 18.1 Å². The number of methoxy groups -OCH3 is 1. The normalized spacial score (nSPS) is 11.4. The zero-order valence-electron chi connectivity index (χ0n) is 16.4. The lowest BCUT2D eigenvalue weighted by atomic mass is 10.2. The molecule has 0 unspecified atom stereocenters. The molecule has 0 aliphatic carbocycles. The van der Waals surface area contributed by atoms with E-state index in [1.54, 1.807) is 30.9 Å². The SMILES string of the molecule is COc1ccc(-c2nc3c(NS(=O)(=O)c4ccc([N+](=O)[O-])cc4)ncnc3n2C)cc1. The van der Waals surface area contributed by atoms with Crippen LogP contribution in [-0.4, -0.2) is 40.0 Å². The fourth-order valence-electron chi connectivity index (χ4n) is 3.01. The molecule has 0 saturated heterocycles. The molecule has 0 atom stereocenters. The van der Waals surface area contributed by atoms with Crippen LogP contribution in [0.15, 0.2) is 59.8 Å². The highest BCUT2D eigenvalue weighted by atomic mass is 32.2. The van der Waals surface area contributed by atoms with Crippen LogP contribution in [0.5, 0.6) is 5.75 Å². The van der Waals surface area contributed by atoms with Gasteiger partial charge in [-0.15, -0.1) is 0 Å². The quantitative estimate of drug-likeness (QED) is 0.356. The number of nitro groups is 1. The van der Waals surface area contributed by atoms with Gasteiger partial charge in [0.1, 0.15) is 17.9 Å². The lowest BCUT2D eigenvalue weighted by molar-refractivity contribution is -0.384. The summed E-state index contributed by atoms with van der Waals surface area (Å²) in [6.07, 6.45) is 1.23. The van der Waals surface area contributed by atoms with Crippen molar-refractivity contribution in [1.29, 1.82) is 0 Å². The second-order valence-electron chi connectivity index (χ2n) is 6.47. The summed E-state index contributed by atoms with van der Waals surface area (Å²) in [5.41, 5.74) is 1.27. The fraction of sp³-hybridized carbons (Fsp3) is 0.105. The van der Waals surface area contributed by atoms with Crippen LogP contribution >= 0.6 is 0 Å². The number of nitrogens with one attached hydrogen (secondary N) is 1. The van der Waals surface area contributed by atoms with E-state index in [1.165, 1.54) is 6.33 Å². The van der Waals surface area contributed by atoms with Crippen LogP contribution in [0.3, 0.4) is 0 Å². The number of rotatable bonds is 6. The first-order chi connectivity index (χ1) is 14.8. The summed E-state index contributed by atoms with van der Waals surface area (Å²) in [7, 11) is -0.720. The number of aromatic nitrogens is 4. The van der Waals surface area contributed by atoms with Gasteiger partial charge in [-0.2, -0.15) is 0 Å². The lowest BCUT2D eigenvalue weighted by Gasteiger charge is -2.07. The predicted octanol–water partition coefficient (Wildman–Crippen LogP) is 2.75. The van der Waals surface area contributed by atoms with E-state index in [0.29, 0.717) is 17.2 Å². The van der Waals surface area contributed by atoms with Crippen LogP contribution in [-0.2, 0) is 17.1 Å². The molecule has 0 aliphatic rings. The monoisotopic (exact) mass is 440 g/mol. The van der Waals surface area contributed by atoms with Crippen molar-refractivity contribution in [3.63, 3.8) is 0 Å². The maximum atomic E-state index is 12.8. The molecule has 0 fully saturated rings. The summed E-state index contributed by atoms with van der Waals surface area (Å²) in [6, 6.07) is 11.8. The summed E-state index contributed by atoms with van der Waals surface area (Å²) >= 11 is 0. The smallest absolute Gasteiger partial charge is 0.269 e. The third-order valence-corrected chi connectivity index (χ3v) is 5.95. The van der Waals surface area contributed by atoms with Crippen molar-refractivity contribution >= 4 is 32.7 Å². The zero-order valence-corrected chi connectivity index (χ0v) is 17.2. The topological polar surface area (TPSA) is 142 Å². The molecular formula is C19H16N6O5S. The molecule has 12 heteroatoms. The average Bonchev–Trinajstić information content (AvgIpc) is 3.11. The highest BCUT2D eigenvalue weighted by Gasteiger charge is 2.21. The Morgan fingerprint density at radius 1 is 1.06 bits per heavy atom. The number of hydrogen-bond donors (Lipinski definition) is 1. The molecule has 11 nitrogen and oxygen atoms in total. The molecule has 4 aromatic rings. The zero-order chi connectivity index (χ0) is 22.2. The summed E-state index contributed by atoms with van der Waals surface area (Å²) in [6.45, 7) is 0. The van der Waals surface area contributed by atoms with Gasteiger partial charge < -0.3 is 9.30 Å². The third kappa shape index (κ3) is 3.75. The number of fused-ring (bicyclic) bond motifs is 1. The molecule has 0 spiro atoms. The van der Waals surface area contributed by atoms with Crippen LogP contribution in [0, 0.1) is 10.1 Å². The van der Waals surface area contributed by atoms with Crippen LogP contribution in [0.25, 0.3) is 22.6 Å². The number of sulfonamides is 1. The van der Waals surface area contributed by atoms with Gasteiger partial charge in [0.2, 0.25) is 0 Å². The van der Waals surface area contributed by atoms with Crippen LogP contribution in [0.1, 0.15) is 0 Å². The van der Waals surface area contributed by atoms with E-state index in [2.05, 4.69) is 19.7 Å². The van der Waals surface area contributed by atoms with Gasteiger partial charge in [-0.1, -0.05) is 0 Å². The standard InChI is InChI=1S/C19H16N6O5S/c1-24-18(12-3-7-14(30-2)8-4-12)22-16-17(20-11-21-19(16)24)23-31(28,29)15-9-5-13(6-10-15)25(26)27/h3-11H,1-2H3,(H,20,21,23). The highest BCUT2D eigenvalue weighted by Crippen LogP contribution is 2.28. The number of aryl methyl sites for hydroxylation is 1. The first-order valence-corrected chi connectivity index (χ1v) is 10.4. The van der Waals surface area contributed by atoms with E-state index in [0.717, 1.165) is 29.8 Å². The maximum Gasteiger partial charge on any atom is 0.269 e. The second-order valence-corrected chi connectivity index (χ2v) is 8.16. The summed E-state index contributed by atoms with van der Waals surface area (Å²) in [4.78, 5) is 22.8. The molecule has 31 heavy (non-hydrogen) atoms. The van der Waals surface area contributed by atoms with Crippen molar-refractivity contribution in [1.82, 2.24) is 19.5 Å². The first-order valence-electron chi connectivity index (χ1n) is 8.89. The predicted molar refractivity (Wildman–Crippen MR) is 112 cm³/mol. The van der Waals surface area contributed by atoms with Gasteiger partial charge in [-0.3, -0.25) is 14.8 Å². The summed E-state index contributed by atoms with van der Waals surface area (Å²) in [5.74, 6) is 1.26. The van der Waals surface area contributed by atoms with Crippen LogP contribution < -0.4 is 9.46 Å². The van der Waals surface area contributed by atoms with Crippen LogP contribution in [0.2, 0.25) is 0 Å². The number of nitro benzene ring substituents is 1. The van der Waals surface area contributed by atoms with E-state index < -0.39 is 14.9 Å². The third-order valence-electron chi connectivity index (χ3n) is 4.59. The van der Waals surface area contributed by atoms with Gasteiger partial charge in [0.25, 0.3) is 15.7 Å². The van der Waals surface area contributed by atoms with E-state index in [1.807, 2.05) is 12.1 Å². The Labute approximate surface area is 176 Å². The maximum absolute atomic E-state index is 12.8. The number of imidazole rings is 1. The van der Waals surface area contributed by atoms with Crippen molar-refractivity contribution in [2.75, 3.05) is 11.8 Å². The van der Waals surface area contributed by atoms with Gasteiger partial charge >= 0.3 is 0 Å². The molecule has 2 heterocycles. The Morgan fingerprint density at radius 3 is 2.35 bits per heavy atom. The molecule has 0 amide bonds. The molecule has 2 aromatic heterocycles. The number of hydrogen-bond acceptors (Lipinski definition) is 8. The van der Waals surface area contributed by atoms with Gasteiger partial charge in [-0.05, 0) is 36.4 Å². The van der Waals surface area contributed by atoms with Gasteiger partial charge in [-0.25, -0.2) is 23.4 Å². The van der Waals surface area contributed by atoms with Gasteiger partial charge in [0.05, 0.1) is 16.9 Å². The minimum Gasteiger partial charge on any atom is -0.497 e. The highest BCUT2D eigenvalue weighted by molar-refractivity contribution is 7.92. The Morgan fingerprint density at radius 2 is 1.74 bits per heavy atom. The Bertz CT molecular complexity index is 1380. The average molecular weight is 440 g/mol. The van der Waals surface area contributed by atoms with E-state index in [4.69, 9.17) is 4.74 Å². The summed E-state index contributed by atoms with van der Waals surface area (Å²) < 4.78 is 34.8. The molecular weight excluding hydrogens is 424 g/mol. The number of ether oxygens (including phenoxy) is 1. The van der Waals surface area contributed by atoms with E-state index >= 15 is 0 Å². The minimum absolute atomic E-state index is 0.00119. The number of nitrogens with zero attached hydrogens (tertiary/aromatic N) is 5. The van der Waals surface area contributed by atoms with Crippen molar-refractivity contribution in [3.05, 3.63) is 65.0 Å². The number of benzene rings is 2. The fourth-order valence-corrected chi connectivity index (χ4v) is 4.02. The molecule has 1 N–H and O–H groups in total. The molecule has 0 radical (unpaired) electrons. The molecule has 2 aromatic carbocycles. The van der Waals surface area contributed by atoms with Crippen LogP contribution in [0.4, 0.5) is 11.5 Å². The lowest BCUT2D eigenvalue weighted by Crippen LogP contribution is -2.14. The number of non-ortho nitro benzene ring substituents is 1. The molecule has 0 bridgehead atoms. The Balaban J connectivity index is 1.73. The summed E-state index contributed by atoms with van der Waals surface area (Å²) in [5, 5.41) is 10.8. The van der Waals surface area contributed by atoms with Crippen molar-refractivity contribution in [2.45, 2.75) is 4.90 Å². The molecule has 0 aliphatic heterocycles. The first kappa shape index (κ1) is 20.2. The van der Waals surface area contributed by atoms with Gasteiger partial charge in [0, 0.05) is 24.7 Å². The van der Waals surface area contributed by atoms with Gasteiger partial charge in [0.15, 0.2) is 17.0 Å². The Kier molecular flexibility index (Phi) is 4.99. The van der Waals surface area contributed by atoms with Crippen molar-refractivity contribution in [3.8, 4) is 17.1 Å². The Hall–Kier alpha value is -4.06. The largest absolute Gasteiger partial charge is 0.497 e. The molecule has 158 valence electrons. The number of anilines is 1.